The molecule has 1 N–H and O–H groups in total. The minimum Gasteiger partial charge on any atom is -0.477 e. The summed E-state index contributed by atoms with van der Waals surface area (Å²) < 4.78 is 13.3. The summed E-state index contributed by atoms with van der Waals surface area (Å²) in [5, 5.41) is 8.20. The van der Waals surface area contributed by atoms with E-state index in [1.807, 2.05) is 29.9 Å². The Balaban J connectivity index is 1.85. The van der Waals surface area contributed by atoms with Crippen LogP contribution in [0.1, 0.15) is 33.2 Å². The summed E-state index contributed by atoms with van der Waals surface area (Å²) >= 11 is 0. The first-order chi connectivity index (χ1) is 13.2. The lowest BCUT2D eigenvalue weighted by atomic mass is 10.1. The molecule has 0 radical (unpaired) electrons. The van der Waals surface area contributed by atoms with Crippen LogP contribution in [0.5, 0.6) is 5.88 Å². The van der Waals surface area contributed by atoms with Gasteiger partial charge < -0.3 is 14.8 Å². The third kappa shape index (κ3) is 3.47. The number of rotatable bonds is 6. The van der Waals surface area contributed by atoms with Gasteiger partial charge in [-0.25, -0.2) is 9.97 Å². The van der Waals surface area contributed by atoms with E-state index in [9.17, 15) is 0 Å². The van der Waals surface area contributed by atoms with Crippen molar-refractivity contribution in [2.24, 2.45) is 0 Å². The molecule has 27 heavy (non-hydrogen) atoms. The lowest BCUT2D eigenvalue weighted by Gasteiger charge is -2.17. The molecule has 4 rings (SSSR count). The third-order valence-electron chi connectivity index (χ3n) is 4.66. The molecule has 0 bridgehead atoms. The Morgan fingerprint density at radius 2 is 2.30 bits per heavy atom. The van der Waals surface area contributed by atoms with Crippen molar-refractivity contribution in [1.82, 2.24) is 19.7 Å². The number of nitrogens with zero attached hydrogens (tertiary/aromatic N) is 4. The zero-order valence-electron chi connectivity index (χ0n) is 16.0. The molecule has 1 aliphatic heterocycles. The van der Waals surface area contributed by atoms with Gasteiger partial charge in [-0.05, 0) is 45.4 Å². The molecule has 0 aromatic carbocycles. The Hall–Kier alpha value is -2.67. The van der Waals surface area contributed by atoms with E-state index in [1.54, 1.807) is 6.20 Å². The first-order valence-electron chi connectivity index (χ1n) is 9.48. The Bertz CT molecular complexity index is 931. The molecule has 1 unspecified atom stereocenters. The van der Waals surface area contributed by atoms with Gasteiger partial charge in [0.25, 0.3) is 0 Å². The first kappa shape index (κ1) is 17.7. The molecule has 1 fully saturated rings. The average Bonchev–Trinajstić information content (AvgIpc) is 3.32. The number of nitrogens with one attached hydrogen (secondary N) is 1. The third-order valence-corrected chi connectivity index (χ3v) is 4.66. The average molecular weight is 367 g/mol. The lowest BCUT2D eigenvalue weighted by Crippen LogP contribution is -2.20. The summed E-state index contributed by atoms with van der Waals surface area (Å²) in [6.07, 6.45) is 4.55. The standard InChI is InChI=1S/C20H25N5O2/c1-4-27-20-15(6-5-8-21-20)16-10-17(23-14-7-9-26-12-14)19-18(24-16)11-22-25(19)13(2)3/h5-6,8,10-11,13-14H,4,7,9,12H2,1-3H3,(H,23,24). The van der Waals surface area contributed by atoms with Crippen molar-refractivity contribution < 1.29 is 9.47 Å². The minimum absolute atomic E-state index is 0.243. The number of pyridine rings is 2. The maximum atomic E-state index is 5.71. The van der Waals surface area contributed by atoms with Crippen molar-refractivity contribution in [3.8, 4) is 17.1 Å². The monoisotopic (exact) mass is 367 g/mol. The largest absolute Gasteiger partial charge is 0.477 e. The SMILES string of the molecule is CCOc1ncccc1-c1cc(NC2CCOC2)c2c(cnn2C(C)C)n1. The Labute approximate surface area is 158 Å². The molecule has 1 atom stereocenters. The summed E-state index contributed by atoms with van der Waals surface area (Å²) in [5.41, 5.74) is 4.59. The van der Waals surface area contributed by atoms with Gasteiger partial charge in [-0.15, -0.1) is 0 Å². The highest BCUT2D eigenvalue weighted by molar-refractivity contribution is 5.91. The van der Waals surface area contributed by atoms with E-state index >= 15 is 0 Å². The van der Waals surface area contributed by atoms with Crippen LogP contribution in [0, 0.1) is 0 Å². The Morgan fingerprint density at radius 3 is 3.04 bits per heavy atom. The van der Waals surface area contributed by atoms with E-state index in [4.69, 9.17) is 14.5 Å². The van der Waals surface area contributed by atoms with Gasteiger partial charge >= 0.3 is 0 Å². The van der Waals surface area contributed by atoms with Gasteiger partial charge in [-0.3, -0.25) is 4.68 Å². The molecule has 1 saturated heterocycles. The fraction of sp³-hybridized carbons (Fsp3) is 0.450. The minimum atomic E-state index is 0.243. The lowest BCUT2D eigenvalue weighted by molar-refractivity contribution is 0.195. The van der Waals surface area contributed by atoms with Crippen LogP contribution in [0.15, 0.2) is 30.6 Å². The molecule has 0 aliphatic carbocycles. The molecule has 0 amide bonds. The van der Waals surface area contributed by atoms with Crippen molar-refractivity contribution in [3.63, 3.8) is 0 Å². The van der Waals surface area contributed by atoms with Crippen LogP contribution in [0.4, 0.5) is 5.69 Å². The summed E-state index contributed by atoms with van der Waals surface area (Å²) in [6, 6.07) is 6.49. The van der Waals surface area contributed by atoms with Crippen molar-refractivity contribution >= 4 is 16.7 Å². The second kappa shape index (κ2) is 7.52. The van der Waals surface area contributed by atoms with Crippen molar-refractivity contribution in [3.05, 3.63) is 30.6 Å². The van der Waals surface area contributed by atoms with E-state index in [0.29, 0.717) is 25.1 Å². The molecule has 142 valence electrons. The van der Waals surface area contributed by atoms with Crippen molar-refractivity contribution in [1.29, 1.82) is 0 Å². The highest BCUT2D eigenvalue weighted by atomic mass is 16.5. The van der Waals surface area contributed by atoms with Crippen LogP contribution in [0.3, 0.4) is 0 Å². The van der Waals surface area contributed by atoms with Gasteiger partial charge in [-0.2, -0.15) is 5.10 Å². The zero-order valence-corrected chi connectivity index (χ0v) is 16.0. The van der Waals surface area contributed by atoms with E-state index in [1.165, 1.54) is 0 Å². The molecular weight excluding hydrogens is 342 g/mol. The quantitative estimate of drug-likeness (QED) is 0.716. The number of hydrogen-bond acceptors (Lipinski definition) is 6. The number of ether oxygens (including phenoxy) is 2. The highest BCUT2D eigenvalue weighted by Gasteiger charge is 2.21. The van der Waals surface area contributed by atoms with E-state index in [0.717, 1.165) is 41.0 Å². The van der Waals surface area contributed by atoms with E-state index in [-0.39, 0.29) is 6.04 Å². The molecule has 3 aromatic heterocycles. The fourth-order valence-electron chi connectivity index (χ4n) is 3.41. The highest BCUT2D eigenvalue weighted by Crippen LogP contribution is 2.33. The summed E-state index contributed by atoms with van der Waals surface area (Å²) in [4.78, 5) is 9.22. The Morgan fingerprint density at radius 1 is 1.41 bits per heavy atom. The zero-order chi connectivity index (χ0) is 18.8. The van der Waals surface area contributed by atoms with Gasteiger partial charge in [0.1, 0.15) is 11.0 Å². The second-order valence-electron chi connectivity index (χ2n) is 6.97. The molecule has 7 heteroatoms. The summed E-state index contributed by atoms with van der Waals surface area (Å²) in [6.45, 7) is 8.26. The molecule has 1 aliphatic rings. The molecule has 3 aromatic rings. The maximum absolute atomic E-state index is 5.71. The van der Waals surface area contributed by atoms with Crippen molar-refractivity contribution in [2.45, 2.75) is 39.3 Å². The van der Waals surface area contributed by atoms with Gasteiger partial charge in [0.2, 0.25) is 5.88 Å². The van der Waals surface area contributed by atoms with Crippen LogP contribution >= 0.6 is 0 Å². The predicted molar refractivity (Wildman–Crippen MR) is 105 cm³/mol. The summed E-state index contributed by atoms with van der Waals surface area (Å²) in [7, 11) is 0. The molecule has 0 saturated carbocycles. The van der Waals surface area contributed by atoms with Crippen LogP contribution in [-0.4, -0.2) is 45.6 Å². The summed E-state index contributed by atoms with van der Waals surface area (Å²) in [5.74, 6) is 0.596. The van der Waals surface area contributed by atoms with Crippen LogP contribution in [0.25, 0.3) is 22.3 Å². The van der Waals surface area contributed by atoms with Gasteiger partial charge in [-0.1, -0.05) is 0 Å². The molecule has 4 heterocycles. The molecule has 7 nitrogen and oxygen atoms in total. The van der Waals surface area contributed by atoms with E-state index < -0.39 is 0 Å². The second-order valence-corrected chi connectivity index (χ2v) is 6.97. The normalized spacial score (nSPS) is 17.0. The number of anilines is 1. The molecule has 0 spiro atoms. The van der Waals surface area contributed by atoms with Gasteiger partial charge in [0.15, 0.2) is 0 Å². The molecular formula is C20H25N5O2. The van der Waals surface area contributed by atoms with Crippen LogP contribution < -0.4 is 10.1 Å². The topological polar surface area (TPSA) is 74.1 Å². The van der Waals surface area contributed by atoms with Gasteiger partial charge in [0.05, 0.1) is 42.4 Å². The first-order valence-corrected chi connectivity index (χ1v) is 9.48. The number of fused-ring (bicyclic) bond motifs is 1. The van der Waals surface area contributed by atoms with Gasteiger partial charge in [0, 0.05) is 18.8 Å². The van der Waals surface area contributed by atoms with Crippen LogP contribution in [-0.2, 0) is 4.74 Å². The Kier molecular flexibility index (Phi) is 4.94. The van der Waals surface area contributed by atoms with Crippen molar-refractivity contribution in [2.75, 3.05) is 25.1 Å². The fourth-order valence-corrected chi connectivity index (χ4v) is 3.41. The predicted octanol–water partition coefficient (Wildman–Crippen LogP) is 3.67. The maximum Gasteiger partial charge on any atom is 0.222 e. The van der Waals surface area contributed by atoms with E-state index in [2.05, 4.69) is 35.3 Å². The number of hydrogen-bond donors (Lipinski definition) is 1. The van der Waals surface area contributed by atoms with Crippen LogP contribution in [0.2, 0.25) is 0 Å². The smallest absolute Gasteiger partial charge is 0.222 e. The number of aromatic nitrogens is 4.